The highest BCUT2D eigenvalue weighted by atomic mass is 32.1. The van der Waals surface area contributed by atoms with E-state index in [1.807, 2.05) is 30.3 Å². The Hall–Kier alpha value is -2.73. The van der Waals surface area contributed by atoms with E-state index >= 15 is 0 Å². The van der Waals surface area contributed by atoms with Crippen LogP contribution in [0.3, 0.4) is 0 Å². The number of rotatable bonds is 3. The minimum atomic E-state index is -0.613. The van der Waals surface area contributed by atoms with Crippen molar-refractivity contribution in [2.45, 2.75) is 51.5 Å². The molecule has 1 aliphatic carbocycles. The molecule has 0 saturated heterocycles. The molecular weight excluding hydrogens is 382 g/mol. The van der Waals surface area contributed by atoms with Crippen LogP contribution in [0.1, 0.15) is 44.1 Å². The van der Waals surface area contributed by atoms with Crippen LogP contribution in [0.4, 0.5) is 5.69 Å². The maximum Gasteiger partial charge on any atom is 0.313 e. The zero-order valence-corrected chi connectivity index (χ0v) is 17.3. The van der Waals surface area contributed by atoms with Crippen molar-refractivity contribution < 1.29 is 9.59 Å². The lowest BCUT2D eigenvalue weighted by Crippen LogP contribution is -2.41. The molecule has 1 aliphatic rings. The van der Waals surface area contributed by atoms with Gasteiger partial charge in [0, 0.05) is 17.3 Å². The fourth-order valence-corrected chi connectivity index (χ4v) is 4.78. The molecule has 0 bridgehead atoms. The summed E-state index contributed by atoms with van der Waals surface area (Å²) in [5.41, 5.74) is 3.80. The van der Waals surface area contributed by atoms with Crippen molar-refractivity contribution in [3.63, 3.8) is 0 Å². The molecule has 0 atom stereocenters. The van der Waals surface area contributed by atoms with E-state index in [0.29, 0.717) is 5.69 Å². The molecule has 0 unspecified atom stereocenters. The lowest BCUT2D eigenvalue weighted by molar-refractivity contribution is -0.136. The number of benzene rings is 2. The molecule has 29 heavy (non-hydrogen) atoms. The van der Waals surface area contributed by atoms with Gasteiger partial charge in [0.15, 0.2) is 0 Å². The second-order valence-electron chi connectivity index (χ2n) is 7.68. The predicted octanol–water partition coefficient (Wildman–Crippen LogP) is 5.05. The molecule has 150 valence electrons. The minimum absolute atomic E-state index is 0.112. The second-order valence-corrected chi connectivity index (χ2v) is 8.71. The molecule has 1 aromatic heterocycles. The van der Waals surface area contributed by atoms with Crippen LogP contribution in [0, 0.1) is 6.92 Å². The number of hydrogen-bond acceptors (Lipinski definition) is 4. The van der Waals surface area contributed by atoms with Crippen molar-refractivity contribution >= 4 is 39.1 Å². The molecule has 1 fully saturated rings. The molecule has 2 N–H and O–H groups in total. The summed E-state index contributed by atoms with van der Waals surface area (Å²) in [6, 6.07) is 13.8. The summed E-state index contributed by atoms with van der Waals surface area (Å²) in [5, 5.41) is 6.51. The predicted molar refractivity (Wildman–Crippen MR) is 118 cm³/mol. The highest BCUT2D eigenvalue weighted by Gasteiger charge is 2.20. The Kier molecular flexibility index (Phi) is 5.90. The number of carbonyl (C=O) groups is 2. The van der Waals surface area contributed by atoms with Gasteiger partial charge in [-0.05, 0) is 61.7 Å². The largest absolute Gasteiger partial charge is 0.345 e. The lowest BCUT2D eigenvalue weighted by Gasteiger charge is -2.15. The summed E-state index contributed by atoms with van der Waals surface area (Å²) >= 11 is 1.65. The van der Waals surface area contributed by atoms with Crippen molar-refractivity contribution in [3.05, 3.63) is 48.0 Å². The van der Waals surface area contributed by atoms with Gasteiger partial charge in [-0.15, -0.1) is 11.3 Å². The Morgan fingerprint density at radius 1 is 0.966 bits per heavy atom. The molecule has 0 spiro atoms. The standard InChI is InChI=1S/C23H25N3O2S/c1-15-8-13-19-20(14-15)29-23(26-19)16-9-11-18(12-10-16)25-22(28)21(27)24-17-6-4-2-3-5-7-17/h8-14,17H,2-7H2,1H3,(H,24,27)(H,25,28). The van der Waals surface area contributed by atoms with Gasteiger partial charge in [0.2, 0.25) is 0 Å². The van der Waals surface area contributed by atoms with Gasteiger partial charge >= 0.3 is 11.8 Å². The number of aromatic nitrogens is 1. The van der Waals surface area contributed by atoms with Crippen LogP contribution >= 0.6 is 11.3 Å². The molecule has 1 heterocycles. The SMILES string of the molecule is Cc1ccc2nc(-c3ccc(NC(=O)C(=O)NC4CCCCCC4)cc3)sc2c1. The fraction of sp³-hybridized carbons (Fsp3) is 0.348. The fourth-order valence-electron chi connectivity index (χ4n) is 3.71. The van der Waals surface area contributed by atoms with Gasteiger partial charge in [0.25, 0.3) is 0 Å². The van der Waals surface area contributed by atoms with Crippen molar-refractivity contribution in [2.75, 3.05) is 5.32 Å². The van der Waals surface area contributed by atoms with Gasteiger partial charge in [0.1, 0.15) is 5.01 Å². The average molecular weight is 408 g/mol. The Morgan fingerprint density at radius 2 is 1.69 bits per heavy atom. The molecule has 0 aliphatic heterocycles. The second kappa shape index (κ2) is 8.74. The first kappa shape index (κ1) is 19.6. The monoisotopic (exact) mass is 407 g/mol. The van der Waals surface area contributed by atoms with Gasteiger partial charge < -0.3 is 10.6 Å². The third-order valence-corrected chi connectivity index (χ3v) is 6.40. The highest BCUT2D eigenvalue weighted by Crippen LogP contribution is 2.31. The van der Waals surface area contributed by atoms with Crippen molar-refractivity contribution in [1.29, 1.82) is 0 Å². The zero-order valence-electron chi connectivity index (χ0n) is 16.5. The van der Waals surface area contributed by atoms with Crippen LogP contribution in [-0.4, -0.2) is 22.8 Å². The molecule has 2 amide bonds. The summed E-state index contributed by atoms with van der Waals surface area (Å²) in [7, 11) is 0. The van der Waals surface area contributed by atoms with Gasteiger partial charge in [-0.1, -0.05) is 31.7 Å². The number of aryl methyl sites for hydroxylation is 1. The molecular formula is C23H25N3O2S. The molecule has 5 nitrogen and oxygen atoms in total. The summed E-state index contributed by atoms with van der Waals surface area (Å²) < 4.78 is 1.16. The van der Waals surface area contributed by atoms with Crippen LogP contribution in [0.5, 0.6) is 0 Å². The van der Waals surface area contributed by atoms with Crippen LogP contribution in [0.25, 0.3) is 20.8 Å². The Labute approximate surface area is 174 Å². The van der Waals surface area contributed by atoms with E-state index in [9.17, 15) is 9.59 Å². The summed E-state index contributed by atoms with van der Waals surface area (Å²) in [4.78, 5) is 29.1. The third-order valence-electron chi connectivity index (χ3n) is 5.33. The van der Waals surface area contributed by atoms with E-state index in [-0.39, 0.29) is 6.04 Å². The molecule has 3 aromatic rings. The number of amides is 2. The van der Waals surface area contributed by atoms with Crippen LogP contribution in [0.15, 0.2) is 42.5 Å². The minimum Gasteiger partial charge on any atom is -0.345 e. The normalized spacial score (nSPS) is 15.1. The van der Waals surface area contributed by atoms with Gasteiger partial charge in [-0.25, -0.2) is 4.98 Å². The average Bonchev–Trinajstić information content (AvgIpc) is 2.96. The van der Waals surface area contributed by atoms with Gasteiger partial charge in [-0.2, -0.15) is 0 Å². The Morgan fingerprint density at radius 3 is 2.41 bits per heavy atom. The van der Waals surface area contributed by atoms with E-state index in [4.69, 9.17) is 0 Å². The quantitative estimate of drug-likeness (QED) is 0.471. The number of anilines is 1. The van der Waals surface area contributed by atoms with Crippen LogP contribution in [0.2, 0.25) is 0 Å². The Bertz CT molecular complexity index is 1020. The number of fused-ring (bicyclic) bond motifs is 1. The molecule has 0 radical (unpaired) electrons. The van der Waals surface area contributed by atoms with E-state index in [2.05, 4.69) is 34.7 Å². The van der Waals surface area contributed by atoms with Crippen molar-refractivity contribution in [2.24, 2.45) is 0 Å². The molecule has 2 aromatic carbocycles. The first-order valence-electron chi connectivity index (χ1n) is 10.2. The number of hydrogen-bond donors (Lipinski definition) is 2. The molecule has 1 saturated carbocycles. The Balaban J connectivity index is 1.39. The van der Waals surface area contributed by atoms with Crippen molar-refractivity contribution in [3.8, 4) is 10.6 Å². The number of carbonyl (C=O) groups excluding carboxylic acids is 2. The number of thiazole rings is 1. The topological polar surface area (TPSA) is 71.1 Å². The molecule has 4 rings (SSSR count). The first-order chi connectivity index (χ1) is 14.1. The smallest absolute Gasteiger partial charge is 0.313 e. The number of nitrogens with zero attached hydrogens (tertiary/aromatic N) is 1. The third kappa shape index (κ3) is 4.82. The number of nitrogens with one attached hydrogen (secondary N) is 2. The van der Waals surface area contributed by atoms with Crippen molar-refractivity contribution in [1.82, 2.24) is 10.3 Å². The zero-order chi connectivity index (χ0) is 20.2. The van der Waals surface area contributed by atoms with Gasteiger partial charge in [0.05, 0.1) is 10.2 Å². The van der Waals surface area contributed by atoms with E-state index in [0.717, 1.165) is 46.5 Å². The summed E-state index contributed by atoms with van der Waals surface area (Å²) in [6.07, 6.45) is 6.54. The van der Waals surface area contributed by atoms with Crippen LogP contribution < -0.4 is 10.6 Å². The van der Waals surface area contributed by atoms with Crippen LogP contribution in [-0.2, 0) is 9.59 Å². The van der Waals surface area contributed by atoms with E-state index in [1.54, 1.807) is 11.3 Å². The van der Waals surface area contributed by atoms with Gasteiger partial charge in [-0.3, -0.25) is 9.59 Å². The first-order valence-corrected chi connectivity index (χ1v) is 11.0. The summed E-state index contributed by atoms with van der Waals surface area (Å²) in [6.45, 7) is 2.07. The maximum atomic E-state index is 12.2. The molecule has 6 heteroatoms. The van der Waals surface area contributed by atoms with E-state index in [1.165, 1.54) is 18.4 Å². The van der Waals surface area contributed by atoms with E-state index < -0.39 is 11.8 Å². The lowest BCUT2D eigenvalue weighted by atomic mass is 10.1. The highest BCUT2D eigenvalue weighted by molar-refractivity contribution is 7.21. The summed E-state index contributed by atoms with van der Waals surface area (Å²) in [5.74, 6) is -1.17. The maximum absolute atomic E-state index is 12.2.